The van der Waals surface area contributed by atoms with Crippen LogP contribution in [0.25, 0.3) is 0 Å². The van der Waals surface area contributed by atoms with Crippen LogP contribution in [0.5, 0.6) is 5.75 Å². The Balaban J connectivity index is 2.93. The van der Waals surface area contributed by atoms with Gasteiger partial charge >= 0.3 is 6.18 Å². The van der Waals surface area contributed by atoms with Crippen molar-refractivity contribution >= 4 is 11.6 Å². The minimum Gasteiger partial charge on any atom is -0.490 e. The summed E-state index contributed by atoms with van der Waals surface area (Å²) in [5, 5.41) is 0. The van der Waals surface area contributed by atoms with E-state index in [1.807, 2.05) is 0 Å². The van der Waals surface area contributed by atoms with Crippen LogP contribution in [0.1, 0.15) is 24.5 Å². The van der Waals surface area contributed by atoms with Gasteiger partial charge in [0.15, 0.2) is 0 Å². The second-order valence-corrected chi connectivity index (χ2v) is 4.44. The summed E-state index contributed by atoms with van der Waals surface area (Å²) >= 11 is 5.55. The molecular weight excluding hydrogens is 281 g/mol. The van der Waals surface area contributed by atoms with Gasteiger partial charge in [0.25, 0.3) is 0 Å². The first-order valence-corrected chi connectivity index (χ1v) is 6.33. The highest BCUT2D eigenvalue weighted by molar-refractivity contribution is 6.17. The molecule has 19 heavy (non-hydrogen) atoms. The predicted molar refractivity (Wildman–Crippen MR) is 67.6 cm³/mol. The lowest BCUT2D eigenvalue weighted by Crippen LogP contribution is -2.17. The number of methoxy groups -OCH3 is 1. The number of ether oxygens (including phenoxy) is 2. The summed E-state index contributed by atoms with van der Waals surface area (Å²) in [5.41, 5.74) is -0.388. The van der Waals surface area contributed by atoms with Gasteiger partial charge < -0.3 is 9.47 Å². The molecule has 0 saturated heterocycles. The molecule has 1 aromatic rings. The molecule has 0 saturated carbocycles. The molecule has 0 radical (unpaired) electrons. The fourth-order valence-corrected chi connectivity index (χ4v) is 1.71. The molecule has 1 rings (SSSR count). The second-order valence-electron chi connectivity index (χ2n) is 4.17. The van der Waals surface area contributed by atoms with Crippen LogP contribution in [-0.4, -0.2) is 19.8 Å². The van der Waals surface area contributed by atoms with Gasteiger partial charge in [0, 0.05) is 26.0 Å². The fourth-order valence-electron chi connectivity index (χ4n) is 1.54. The summed E-state index contributed by atoms with van der Waals surface area (Å²) in [7, 11) is 1.53. The molecule has 0 heterocycles. The van der Waals surface area contributed by atoms with Crippen LogP contribution < -0.4 is 4.74 Å². The molecule has 2 nitrogen and oxygen atoms in total. The van der Waals surface area contributed by atoms with Gasteiger partial charge in [-0.3, -0.25) is 0 Å². The molecule has 0 amide bonds. The Morgan fingerprint density at radius 1 is 1.32 bits per heavy atom. The topological polar surface area (TPSA) is 18.5 Å². The summed E-state index contributed by atoms with van der Waals surface area (Å²) in [6.45, 7) is 2.14. The van der Waals surface area contributed by atoms with Crippen molar-refractivity contribution < 1.29 is 22.6 Å². The number of halogens is 4. The van der Waals surface area contributed by atoms with Crippen LogP contribution in [-0.2, 0) is 16.8 Å². The summed E-state index contributed by atoms with van der Waals surface area (Å²) in [4.78, 5) is 0. The molecule has 0 fully saturated rings. The van der Waals surface area contributed by atoms with Gasteiger partial charge in [-0.1, -0.05) is 6.07 Å². The Morgan fingerprint density at radius 3 is 2.53 bits per heavy atom. The Kier molecular flexibility index (Phi) is 5.94. The van der Waals surface area contributed by atoms with Crippen molar-refractivity contribution in [2.45, 2.75) is 31.5 Å². The maximum atomic E-state index is 12.9. The summed E-state index contributed by atoms with van der Waals surface area (Å²) in [6.07, 6.45) is -4.30. The van der Waals surface area contributed by atoms with Crippen molar-refractivity contribution in [2.75, 3.05) is 13.7 Å². The molecule has 0 aliphatic heterocycles. The van der Waals surface area contributed by atoms with Gasteiger partial charge in [-0.15, -0.1) is 11.6 Å². The fraction of sp³-hybridized carbons (Fsp3) is 0.538. The molecule has 108 valence electrons. The average Bonchev–Trinajstić information content (AvgIpc) is 2.35. The van der Waals surface area contributed by atoms with Crippen LogP contribution in [0.4, 0.5) is 13.2 Å². The SMILES string of the molecule is COCCC(C)Oc1ccc(CCl)cc1C(F)(F)F. The average molecular weight is 297 g/mol. The molecule has 0 aliphatic carbocycles. The standard InChI is InChI=1S/C13H16ClF3O2/c1-9(5-6-18-2)19-12-4-3-10(8-14)7-11(12)13(15,16)17/h3-4,7,9H,5-6,8H2,1-2H3. The first-order chi connectivity index (χ1) is 8.88. The van der Waals surface area contributed by atoms with Crippen LogP contribution in [0.15, 0.2) is 18.2 Å². The molecule has 1 unspecified atom stereocenters. The minimum absolute atomic E-state index is 0.0303. The Labute approximate surface area is 115 Å². The van der Waals surface area contributed by atoms with E-state index in [9.17, 15) is 13.2 Å². The van der Waals surface area contributed by atoms with Crippen molar-refractivity contribution in [1.82, 2.24) is 0 Å². The number of rotatable bonds is 6. The quantitative estimate of drug-likeness (QED) is 0.731. The van der Waals surface area contributed by atoms with E-state index in [0.29, 0.717) is 18.6 Å². The smallest absolute Gasteiger partial charge is 0.419 e. The zero-order valence-electron chi connectivity index (χ0n) is 10.8. The number of alkyl halides is 4. The summed E-state index contributed by atoms with van der Waals surface area (Å²) in [5.74, 6) is -0.146. The molecule has 0 bridgehead atoms. The molecule has 0 spiro atoms. The van der Waals surface area contributed by atoms with Crippen LogP contribution in [0.3, 0.4) is 0 Å². The molecule has 0 aromatic heterocycles. The zero-order valence-corrected chi connectivity index (χ0v) is 11.5. The zero-order chi connectivity index (χ0) is 14.5. The highest BCUT2D eigenvalue weighted by atomic mass is 35.5. The van der Waals surface area contributed by atoms with E-state index in [-0.39, 0.29) is 17.7 Å². The highest BCUT2D eigenvalue weighted by Crippen LogP contribution is 2.37. The highest BCUT2D eigenvalue weighted by Gasteiger charge is 2.35. The Bertz CT molecular complexity index is 407. The van der Waals surface area contributed by atoms with Gasteiger partial charge in [0.2, 0.25) is 0 Å². The molecule has 0 aliphatic rings. The van der Waals surface area contributed by atoms with Gasteiger partial charge in [0.1, 0.15) is 5.75 Å². The van der Waals surface area contributed by atoms with E-state index in [1.54, 1.807) is 6.92 Å². The third-order valence-corrected chi connectivity index (χ3v) is 2.87. The van der Waals surface area contributed by atoms with Gasteiger partial charge in [0.05, 0.1) is 11.7 Å². The first-order valence-electron chi connectivity index (χ1n) is 5.80. The van der Waals surface area contributed by atoms with E-state index >= 15 is 0 Å². The third kappa shape index (κ3) is 4.91. The van der Waals surface area contributed by atoms with Crippen molar-refractivity contribution in [2.24, 2.45) is 0 Å². The lowest BCUT2D eigenvalue weighted by Gasteiger charge is -2.19. The maximum absolute atomic E-state index is 12.9. The molecule has 1 aromatic carbocycles. The van der Waals surface area contributed by atoms with Gasteiger partial charge in [-0.2, -0.15) is 13.2 Å². The lowest BCUT2D eigenvalue weighted by molar-refractivity contribution is -0.139. The monoisotopic (exact) mass is 296 g/mol. The molecule has 6 heteroatoms. The van der Waals surface area contributed by atoms with Crippen molar-refractivity contribution in [1.29, 1.82) is 0 Å². The van der Waals surface area contributed by atoms with Crippen molar-refractivity contribution in [3.63, 3.8) is 0 Å². The summed E-state index contributed by atoms with van der Waals surface area (Å²) in [6, 6.07) is 3.86. The normalized spacial score (nSPS) is 13.4. The number of hydrogen-bond acceptors (Lipinski definition) is 2. The molecule has 0 N–H and O–H groups in total. The van der Waals surface area contributed by atoms with E-state index < -0.39 is 11.7 Å². The lowest BCUT2D eigenvalue weighted by atomic mass is 10.1. The van der Waals surface area contributed by atoms with Crippen molar-refractivity contribution in [3.8, 4) is 5.75 Å². The van der Waals surface area contributed by atoms with E-state index in [4.69, 9.17) is 21.1 Å². The largest absolute Gasteiger partial charge is 0.490 e. The second kappa shape index (κ2) is 7.01. The first kappa shape index (κ1) is 16.1. The maximum Gasteiger partial charge on any atom is 0.419 e. The minimum atomic E-state index is -4.46. The van der Waals surface area contributed by atoms with E-state index in [2.05, 4.69) is 0 Å². The van der Waals surface area contributed by atoms with Crippen molar-refractivity contribution in [3.05, 3.63) is 29.3 Å². The van der Waals surface area contributed by atoms with E-state index in [1.165, 1.54) is 19.2 Å². The summed E-state index contributed by atoms with van der Waals surface area (Å²) < 4.78 is 49.0. The third-order valence-electron chi connectivity index (χ3n) is 2.56. The number of hydrogen-bond donors (Lipinski definition) is 0. The Hall–Kier alpha value is -0.940. The van der Waals surface area contributed by atoms with E-state index in [0.717, 1.165) is 6.07 Å². The van der Waals surface area contributed by atoms with Gasteiger partial charge in [-0.25, -0.2) is 0 Å². The number of benzene rings is 1. The Morgan fingerprint density at radius 2 is 2.00 bits per heavy atom. The van der Waals surface area contributed by atoms with Gasteiger partial charge in [-0.05, 0) is 24.6 Å². The van der Waals surface area contributed by atoms with Crippen LogP contribution in [0.2, 0.25) is 0 Å². The molecule has 1 atom stereocenters. The predicted octanol–water partition coefficient (Wildman–Crippen LogP) is 4.25. The van der Waals surface area contributed by atoms with Crippen LogP contribution in [0, 0.1) is 0 Å². The van der Waals surface area contributed by atoms with Crippen LogP contribution >= 0.6 is 11.6 Å². The molecular formula is C13H16ClF3O2.